The number of carbonyl (C=O) groups is 1. The minimum atomic E-state index is -0.224. The summed E-state index contributed by atoms with van der Waals surface area (Å²) in [7, 11) is 0. The number of aromatic nitrogens is 1. The summed E-state index contributed by atoms with van der Waals surface area (Å²) in [5.41, 5.74) is 3.04. The van der Waals surface area contributed by atoms with Crippen LogP contribution in [-0.2, 0) is 4.79 Å². The van der Waals surface area contributed by atoms with Crippen molar-refractivity contribution in [3.05, 3.63) is 30.0 Å². The van der Waals surface area contributed by atoms with E-state index in [0.717, 1.165) is 48.0 Å². The number of H-pyrrole nitrogens is 1. The molecule has 4 nitrogen and oxygen atoms in total. The predicted octanol–water partition coefficient (Wildman–Crippen LogP) is 2.97. The number of hydrogen-bond donors (Lipinski definition) is 3. The van der Waals surface area contributed by atoms with Crippen LogP contribution in [0, 0.1) is 12.8 Å². The number of hydrogen-bond acceptors (Lipinski definition) is 2. The quantitative estimate of drug-likeness (QED) is 0.787. The Balaban J connectivity index is 1.70. The molecule has 0 aliphatic heterocycles. The minimum absolute atomic E-state index is 0.0297. The Morgan fingerprint density at radius 2 is 2.00 bits per heavy atom. The molecule has 1 aromatic carbocycles. The summed E-state index contributed by atoms with van der Waals surface area (Å²) in [5, 5.41) is 13.6. The van der Waals surface area contributed by atoms with Gasteiger partial charge < -0.3 is 15.4 Å². The highest BCUT2D eigenvalue weighted by Gasteiger charge is 2.25. The highest BCUT2D eigenvalue weighted by molar-refractivity contribution is 5.95. The zero-order valence-electron chi connectivity index (χ0n) is 11.6. The third-order valence-corrected chi connectivity index (χ3v) is 4.09. The van der Waals surface area contributed by atoms with E-state index < -0.39 is 0 Å². The lowest BCUT2D eigenvalue weighted by Gasteiger charge is -2.24. The van der Waals surface area contributed by atoms with Crippen LogP contribution in [0.5, 0.6) is 0 Å². The van der Waals surface area contributed by atoms with E-state index in [4.69, 9.17) is 0 Å². The van der Waals surface area contributed by atoms with Gasteiger partial charge in [-0.1, -0.05) is 0 Å². The number of benzene rings is 1. The van der Waals surface area contributed by atoms with Gasteiger partial charge in [-0.25, -0.2) is 0 Å². The first kappa shape index (κ1) is 13.2. The molecule has 1 aliphatic rings. The van der Waals surface area contributed by atoms with Crippen molar-refractivity contribution >= 4 is 22.5 Å². The van der Waals surface area contributed by atoms with E-state index in [1.54, 1.807) is 0 Å². The van der Waals surface area contributed by atoms with Crippen molar-refractivity contribution < 1.29 is 9.90 Å². The van der Waals surface area contributed by atoms with E-state index in [0.29, 0.717) is 0 Å². The molecule has 20 heavy (non-hydrogen) atoms. The number of aliphatic hydroxyl groups is 1. The van der Waals surface area contributed by atoms with Gasteiger partial charge in [0.15, 0.2) is 0 Å². The maximum atomic E-state index is 12.2. The van der Waals surface area contributed by atoms with E-state index in [1.807, 2.05) is 25.1 Å². The molecule has 0 bridgehead atoms. The third kappa shape index (κ3) is 2.70. The van der Waals surface area contributed by atoms with Crippen LogP contribution in [0.2, 0.25) is 0 Å². The van der Waals surface area contributed by atoms with E-state index in [1.165, 1.54) is 0 Å². The summed E-state index contributed by atoms with van der Waals surface area (Å²) in [5.74, 6) is 0.102. The second-order valence-corrected chi connectivity index (χ2v) is 5.75. The standard InChI is InChI=1S/C16H20N2O2/c1-10-8-12-9-13(4-7-15(12)17-10)18-16(20)11-2-5-14(19)6-3-11/h4,7-9,11,14,17,19H,2-3,5-6H2,1H3,(H,18,20). The number of nitrogens with one attached hydrogen (secondary N) is 2. The Labute approximate surface area is 118 Å². The minimum Gasteiger partial charge on any atom is -0.393 e. The molecule has 3 N–H and O–H groups in total. The highest BCUT2D eigenvalue weighted by atomic mass is 16.3. The van der Waals surface area contributed by atoms with Gasteiger partial charge in [0.2, 0.25) is 5.91 Å². The molecule has 1 fully saturated rings. The second kappa shape index (κ2) is 5.29. The van der Waals surface area contributed by atoms with Crippen LogP contribution in [0.15, 0.2) is 24.3 Å². The summed E-state index contributed by atoms with van der Waals surface area (Å²) < 4.78 is 0. The summed E-state index contributed by atoms with van der Waals surface area (Å²) in [4.78, 5) is 15.5. The van der Waals surface area contributed by atoms with E-state index in [2.05, 4.69) is 16.4 Å². The molecule has 2 aromatic rings. The Hall–Kier alpha value is -1.81. The molecule has 106 valence electrons. The number of carbonyl (C=O) groups excluding carboxylic acids is 1. The van der Waals surface area contributed by atoms with Gasteiger partial charge in [-0.3, -0.25) is 4.79 Å². The summed E-state index contributed by atoms with van der Waals surface area (Å²) >= 11 is 0. The van der Waals surface area contributed by atoms with Gasteiger partial charge in [-0.2, -0.15) is 0 Å². The predicted molar refractivity (Wildman–Crippen MR) is 79.6 cm³/mol. The molecule has 1 amide bonds. The topological polar surface area (TPSA) is 65.1 Å². The molecule has 0 saturated heterocycles. The normalized spacial score (nSPS) is 22.9. The molecule has 0 unspecified atom stereocenters. The molecule has 0 spiro atoms. The van der Waals surface area contributed by atoms with Crippen molar-refractivity contribution in [1.29, 1.82) is 0 Å². The van der Waals surface area contributed by atoms with Gasteiger partial charge in [0.25, 0.3) is 0 Å². The van der Waals surface area contributed by atoms with E-state index in [9.17, 15) is 9.90 Å². The monoisotopic (exact) mass is 272 g/mol. The number of amides is 1. The lowest BCUT2D eigenvalue weighted by molar-refractivity contribution is -0.121. The summed E-state index contributed by atoms with van der Waals surface area (Å²) in [6.45, 7) is 2.02. The second-order valence-electron chi connectivity index (χ2n) is 5.75. The van der Waals surface area contributed by atoms with Gasteiger partial charge in [0.1, 0.15) is 0 Å². The molecule has 0 atom stereocenters. The Kier molecular flexibility index (Phi) is 3.49. The van der Waals surface area contributed by atoms with Crippen molar-refractivity contribution in [2.75, 3.05) is 5.32 Å². The third-order valence-electron chi connectivity index (χ3n) is 4.09. The molecular formula is C16H20N2O2. The lowest BCUT2D eigenvalue weighted by atomic mass is 9.87. The Bertz CT molecular complexity index is 624. The smallest absolute Gasteiger partial charge is 0.227 e. The number of rotatable bonds is 2. The van der Waals surface area contributed by atoms with Gasteiger partial charge >= 0.3 is 0 Å². The molecule has 1 aromatic heterocycles. The zero-order valence-corrected chi connectivity index (χ0v) is 11.6. The Morgan fingerprint density at radius 1 is 1.25 bits per heavy atom. The van der Waals surface area contributed by atoms with Gasteiger partial charge in [0, 0.05) is 28.2 Å². The summed E-state index contributed by atoms with van der Waals surface area (Å²) in [6, 6.07) is 7.98. The van der Waals surface area contributed by atoms with E-state index >= 15 is 0 Å². The SMILES string of the molecule is Cc1cc2cc(NC(=O)C3CCC(O)CC3)ccc2[nH]1. The number of aliphatic hydroxyl groups excluding tert-OH is 1. The molecule has 1 saturated carbocycles. The summed E-state index contributed by atoms with van der Waals surface area (Å²) in [6.07, 6.45) is 2.79. The first-order valence-corrected chi connectivity index (χ1v) is 7.20. The highest BCUT2D eigenvalue weighted by Crippen LogP contribution is 2.26. The fourth-order valence-electron chi connectivity index (χ4n) is 2.94. The van der Waals surface area contributed by atoms with Crippen molar-refractivity contribution in [3.63, 3.8) is 0 Å². The molecule has 0 radical (unpaired) electrons. The van der Waals surface area contributed by atoms with Gasteiger partial charge in [-0.15, -0.1) is 0 Å². The number of fused-ring (bicyclic) bond motifs is 1. The van der Waals surface area contributed by atoms with Gasteiger partial charge in [-0.05, 0) is 56.9 Å². The van der Waals surface area contributed by atoms with E-state index in [-0.39, 0.29) is 17.9 Å². The maximum absolute atomic E-state index is 12.2. The lowest BCUT2D eigenvalue weighted by Crippen LogP contribution is -2.28. The van der Waals surface area contributed by atoms with Crippen molar-refractivity contribution in [3.8, 4) is 0 Å². The molecule has 1 heterocycles. The first-order chi connectivity index (χ1) is 9.61. The van der Waals surface area contributed by atoms with Crippen molar-refractivity contribution in [1.82, 2.24) is 4.98 Å². The van der Waals surface area contributed by atoms with Crippen LogP contribution in [0.4, 0.5) is 5.69 Å². The molecule has 1 aliphatic carbocycles. The van der Waals surface area contributed by atoms with Crippen LogP contribution < -0.4 is 5.32 Å². The van der Waals surface area contributed by atoms with Crippen LogP contribution >= 0.6 is 0 Å². The van der Waals surface area contributed by atoms with Crippen LogP contribution in [0.25, 0.3) is 10.9 Å². The van der Waals surface area contributed by atoms with Gasteiger partial charge in [0.05, 0.1) is 6.10 Å². The molecule has 4 heteroatoms. The zero-order chi connectivity index (χ0) is 14.1. The number of aryl methyl sites for hydroxylation is 1. The Morgan fingerprint density at radius 3 is 2.75 bits per heavy atom. The van der Waals surface area contributed by atoms with Crippen LogP contribution in [0.3, 0.4) is 0 Å². The van der Waals surface area contributed by atoms with Crippen molar-refractivity contribution in [2.24, 2.45) is 5.92 Å². The van der Waals surface area contributed by atoms with Crippen molar-refractivity contribution in [2.45, 2.75) is 38.7 Å². The number of anilines is 1. The molecular weight excluding hydrogens is 252 g/mol. The fraction of sp³-hybridized carbons (Fsp3) is 0.438. The fourth-order valence-corrected chi connectivity index (χ4v) is 2.94. The number of aromatic amines is 1. The van der Waals surface area contributed by atoms with Crippen LogP contribution in [0.1, 0.15) is 31.4 Å². The van der Waals surface area contributed by atoms with Crippen LogP contribution in [-0.4, -0.2) is 22.1 Å². The average Bonchev–Trinajstić information content (AvgIpc) is 2.78. The molecule has 3 rings (SSSR count). The largest absolute Gasteiger partial charge is 0.393 e. The average molecular weight is 272 g/mol. The maximum Gasteiger partial charge on any atom is 0.227 e. The first-order valence-electron chi connectivity index (χ1n) is 7.20.